The van der Waals surface area contributed by atoms with Gasteiger partial charge in [0.1, 0.15) is 0 Å². The van der Waals surface area contributed by atoms with Crippen LogP contribution in [0.15, 0.2) is 0 Å². The first-order valence-electron chi connectivity index (χ1n) is 4.10. The largest absolute Gasteiger partial charge is 0.466 e. The van der Waals surface area contributed by atoms with E-state index in [2.05, 4.69) is 9.47 Å². The van der Waals surface area contributed by atoms with Crippen LogP contribution in [0.3, 0.4) is 0 Å². The zero-order valence-corrected chi connectivity index (χ0v) is 7.38. The molecule has 0 spiro atoms. The molecule has 0 bridgehead atoms. The third kappa shape index (κ3) is 5.19. The zero-order valence-electron chi connectivity index (χ0n) is 7.38. The van der Waals surface area contributed by atoms with Gasteiger partial charge in [-0.15, -0.1) is 0 Å². The Balaban J connectivity index is 0.000000206. The quantitative estimate of drug-likeness (QED) is 0.496. The van der Waals surface area contributed by atoms with Crippen LogP contribution in [0.1, 0.15) is 25.7 Å². The van der Waals surface area contributed by atoms with E-state index >= 15 is 0 Å². The van der Waals surface area contributed by atoms with Crippen LogP contribution in [0.2, 0.25) is 0 Å². The standard InChI is InChI=1S/2C4H6O2.H2O/c2*5-4-2-1-3-6-4;/h2*1-3H2;1H2. The van der Waals surface area contributed by atoms with Gasteiger partial charge < -0.3 is 14.9 Å². The van der Waals surface area contributed by atoms with Crippen LogP contribution in [0.5, 0.6) is 0 Å². The maximum atomic E-state index is 10.0. The molecule has 0 aromatic rings. The van der Waals surface area contributed by atoms with Crippen molar-refractivity contribution in [3.63, 3.8) is 0 Å². The van der Waals surface area contributed by atoms with Gasteiger partial charge in [0.25, 0.3) is 0 Å². The number of carbonyl (C=O) groups excluding carboxylic acids is 2. The van der Waals surface area contributed by atoms with E-state index in [0.29, 0.717) is 26.1 Å². The smallest absolute Gasteiger partial charge is 0.305 e. The topological polar surface area (TPSA) is 84.1 Å². The molecule has 2 fully saturated rings. The Kier molecular flexibility index (Phi) is 5.88. The van der Waals surface area contributed by atoms with Gasteiger partial charge in [0.2, 0.25) is 0 Å². The van der Waals surface area contributed by atoms with Gasteiger partial charge in [-0.05, 0) is 12.8 Å². The molecule has 0 atom stereocenters. The number of hydrogen-bond acceptors (Lipinski definition) is 4. The van der Waals surface area contributed by atoms with Crippen molar-refractivity contribution in [3.05, 3.63) is 0 Å². The number of rotatable bonds is 0. The van der Waals surface area contributed by atoms with Gasteiger partial charge in [0, 0.05) is 12.8 Å². The maximum absolute atomic E-state index is 10.0. The summed E-state index contributed by atoms with van der Waals surface area (Å²) in [7, 11) is 0. The van der Waals surface area contributed by atoms with Crippen LogP contribution in [0.25, 0.3) is 0 Å². The summed E-state index contributed by atoms with van der Waals surface area (Å²) in [6, 6.07) is 0. The minimum absolute atomic E-state index is 0. The molecule has 0 amide bonds. The second-order valence-corrected chi connectivity index (χ2v) is 2.65. The van der Waals surface area contributed by atoms with Crippen molar-refractivity contribution in [2.24, 2.45) is 0 Å². The van der Waals surface area contributed by atoms with Gasteiger partial charge in [0.05, 0.1) is 13.2 Å². The lowest BCUT2D eigenvalue weighted by molar-refractivity contribution is -0.138. The summed E-state index contributed by atoms with van der Waals surface area (Å²) in [4.78, 5) is 20.0. The second-order valence-electron chi connectivity index (χ2n) is 2.65. The third-order valence-electron chi connectivity index (χ3n) is 1.58. The molecule has 13 heavy (non-hydrogen) atoms. The Morgan fingerprint density at radius 1 is 0.846 bits per heavy atom. The molecular formula is C8H14O5. The fraction of sp³-hybridized carbons (Fsp3) is 0.750. The molecule has 5 heteroatoms. The van der Waals surface area contributed by atoms with E-state index in [1.54, 1.807) is 0 Å². The summed E-state index contributed by atoms with van der Waals surface area (Å²) in [5.74, 6) is -0.0926. The summed E-state index contributed by atoms with van der Waals surface area (Å²) in [5.41, 5.74) is 0. The van der Waals surface area contributed by atoms with Crippen molar-refractivity contribution in [1.82, 2.24) is 0 Å². The number of esters is 2. The average molecular weight is 190 g/mol. The van der Waals surface area contributed by atoms with Gasteiger partial charge in [0.15, 0.2) is 0 Å². The molecule has 2 saturated heterocycles. The molecule has 0 aromatic heterocycles. The number of ether oxygens (including phenoxy) is 2. The average Bonchev–Trinajstić information content (AvgIpc) is 2.63. The SMILES string of the molecule is O.O=C1CCCO1.O=C1CCCO1. The highest BCUT2D eigenvalue weighted by Gasteiger charge is 2.08. The van der Waals surface area contributed by atoms with E-state index in [9.17, 15) is 9.59 Å². The first kappa shape index (κ1) is 11.9. The Bertz CT molecular complexity index is 141. The Hall–Kier alpha value is -1.10. The van der Waals surface area contributed by atoms with Crippen molar-refractivity contribution in [2.45, 2.75) is 25.7 Å². The molecule has 5 nitrogen and oxygen atoms in total. The van der Waals surface area contributed by atoms with Gasteiger partial charge in [-0.1, -0.05) is 0 Å². The molecule has 0 aliphatic carbocycles. The monoisotopic (exact) mass is 190 g/mol. The minimum atomic E-state index is -0.0463. The van der Waals surface area contributed by atoms with E-state index in [1.807, 2.05) is 0 Å². The molecule has 2 heterocycles. The summed E-state index contributed by atoms with van der Waals surface area (Å²) in [6.45, 7) is 1.28. The summed E-state index contributed by atoms with van der Waals surface area (Å²) >= 11 is 0. The molecule has 0 aromatic carbocycles. The normalized spacial score (nSPS) is 19.4. The molecule has 0 saturated carbocycles. The van der Waals surface area contributed by atoms with Gasteiger partial charge in [-0.25, -0.2) is 0 Å². The molecule has 0 radical (unpaired) electrons. The highest BCUT2D eigenvalue weighted by molar-refractivity contribution is 5.71. The predicted molar refractivity (Wildman–Crippen MR) is 44.0 cm³/mol. The molecule has 2 rings (SSSR count). The number of cyclic esters (lactones) is 2. The predicted octanol–water partition coefficient (Wildman–Crippen LogP) is -0.178. The van der Waals surface area contributed by atoms with Gasteiger partial charge in [-0.3, -0.25) is 9.59 Å². The van der Waals surface area contributed by atoms with Gasteiger partial charge in [-0.2, -0.15) is 0 Å². The van der Waals surface area contributed by atoms with Crippen molar-refractivity contribution in [2.75, 3.05) is 13.2 Å². The van der Waals surface area contributed by atoms with Crippen LogP contribution < -0.4 is 0 Å². The first-order valence-corrected chi connectivity index (χ1v) is 4.10. The number of hydrogen-bond donors (Lipinski definition) is 0. The van der Waals surface area contributed by atoms with Gasteiger partial charge >= 0.3 is 11.9 Å². The summed E-state index contributed by atoms with van der Waals surface area (Å²) in [5, 5.41) is 0. The maximum Gasteiger partial charge on any atom is 0.305 e. The molecule has 76 valence electrons. The van der Waals surface area contributed by atoms with Crippen LogP contribution in [0, 0.1) is 0 Å². The van der Waals surface area contributed by atoms with Crippen molar-refractivity contribution in [3.8, 4) is 0 Å². The lowest BCUT2D eigenvalue weighted by Crippen LogP contribution is -1.88. The first-order chi connectivity index (χ1) is 5.79. The Morgan fingerprint density at radius 2 is 1.23 bits per heavy atom. The molecule has 2 aliphatic heterocycles. The van der Waals surface area contributed by atoms with Crippen LogP contribution in [0.4, 0.5) is 0 Å². The highest BCUT2D eigenvalue weighted by atomic mass is 16.5. The van der Waals surface area contributed by atoms with Crippen LogP contribution >= 0.6 is 0 Å². The lowest BCUT2D eigenvalue weighted by atomic mass is 10.4. The van der Waals surface area contributed by atoms with Crippen LogP contribution in [-0.4, -0.2) is 30.6 Å². The van der Waals surface area contributed by atoms with E-state index in [4.69, 9.17) is 0 Å². The van der Waals surface area contributed by atoms with E-state index < -0.39 is 0 Å². The van der Waals surface area contributed by atoms with Crippen molar-refractivity contribution >= 4 is 11.9 Å². The van der Waals surface area contributed by atoms with E-state index in [-0.39, 0.29) is 17.4 Å². The second kappa shape index (κ2) is 6.42. The van der Waals surface area contributed by atoms with Crippen molar-refractivity contribution in [1.29, 1.82) is 0 Å². The highest BCUT2D eigenvalue weighted by Crippen LogP contribution is 2.01. The fourth-order valence-electron chi connectivity index (χ4n) is 0.949. The van der Waals surface area contributed by atoms with E-state index in [1.165, 1.54) is 0 Å². The molecular weight excluding hydrogens is 176 g/mol. The van der Waals surface area contributed by atoms with Crippen molar-refractivity contribution < 1.29 is 24.5 Å². The summed E-state index contributed by atoms with van der Waals surface area (Å²) < 4.78 is 9.03. The van der Waals surface area contributed by atoms with Crippen LogP contribution in [-0.2, 0) is 19.1 Å². The Labute approximate surface area is 76.3 Å². The minimum Gasteiger partial charge on any atom is -0.466 e. The number of carbonyl (C=O) groups is 2. The zero-order chi connectivity index (χ0) is 8.81. The molecule has 2 aliphatic rings. The summed E-state index contributed by atoms with van der Waals surface area (Å²) in [6.07, 6.45) is 3.08. The molecule has 0 unspecified atom stereocenters. The fourth-order valence-corrected chi connectivity index (χ4v) is 0.949. The lowest BCUT2D eigenvalue weighted by Gasteiger charge is -1.81. The van der Waals surface area contributed by atoms with E-state index in [0.717, 1.165) is 12.8 Å². The molecule has 2 N–H and O–H groups in total. The Morgan fingerprint density at radius 3 is 1.31 bits per heavy atom. The third-order valence-corrected chi connectivity index (χ3v) is 1.58.